The third kappa shape index (κ3) is 6.49. The lowest BCUT2D eigenvalue weighted by molar-refractivity contribution is -0.767. The maximum atomic E-state index is 13.4. The molecule has 10 nitrogen and oxygen atoms in total. The van der Waals surface area contributed by atoms with E-state index in [-0.39, 0.29) is 11.3 Å². The molecule has 1 aromatic carbocycles. The van der Waals surface area contributed by atoms with E-state index in [2.05, 4.69) is 19.0 Å². The van der Waals surface area contributed by atoms with Crippen LogP contribution in [0.15, 0.2) is 17.7 Å². The molecular formula is C18H18F3NO9. The largest absolute Gasteiger partial charge is 0.511 e. The van der Waals surface area contributed by atoms with Crippen LogP contribution in [0.25, 0.3) is 6.08 Å². The topological polar surface area (TPSA) is 123 Å². The Labute approximate surface area is 173 Å². The molecule has 0 saturated heterocycles. The number of carbonyl (C=O) groups is 2. The molecule has 2 rings (SSSR count). The van der Waals surface area contributed by atoms with Gasteiger partial charge in [-0.3, -0.25) is 0 Å². The van der Waals surface area contributed by atoms with Crippen molar-refractivity contribution in [3.8, 4) is 5.75 Å². The monoisotopic (exact) mass is 449 g/mol. The average Bonchev–Trinajstić information content (AvgIpc) is 2.63. The number of aryl methyl sites for hydroxylation is 2. The molecule has 1 aliphatic heterocycles. The SMILES string of the molecule is Cc1cc(C)c2c(c1)C=C(C(=O)OCOC(=O)OCC(C)O[N+](=O)[O-])C(C(F)(F)F)O2. The number of esters is 1. The molecule has 1 aliphatic rings. The third-order valence-electron chi connectivity index (χ3n) is 3.88. The number of nitrogens with zero attached hydrogens (tertiary/aromatic N) is 1. The van der Waals surface area contributed by atoms with Crippen LogP contribution in [0, 0.1) is 24.0 Å². The quantitative estimate of drug-likeness (QED) is 0.267. The van der Waals surface area contributed by atoms with Crippen molar-refractivity contribution in [1.29, 1.82) is 0 Å². The van der Waals surface area contributed by atoms with Gasteiger partial charge >= 0.3 is 18.3 Å². The van der Waals surface area contributed by atoms with Gasteiger partial charge in [0, 0.05) is 5.56 Å². The van der Waals surface area contributed by atoms with Crippen molar-refractivity contribution in [3.63, 3.8) is 0 Å². The zero-order valence-corrected chi connectivity index (χ0v) is 16.6. The van der Waals surface area contributed by atoms with Crippen LogP contribution >= 0.6 is 0 Å². The fourth-order valence-corrected chi connectivity index (χ4v) is 2.71. The highest BCUT2D eigenvalue weighted by molar-refractivity contribution is 5.96. The summed E-state index contributed by atoms with van der Waals surface area (Å²) < 4.78 is 58.8. The molecule has 0 bridgehead atoms. The smallest absolute Gasteiger partial charge is 0.475 e. The van der Waals surface area contributed by atoms with Crippen molar-refractivity contribution < 1.29 is 51.6 Å². The molecule has 31 heavy (non-hydrogen) atoms. The van der Waals surface area contributed by atoms with Crippen molar-refractivity contribution in [2.45, 2.75) is 39.2 Å². The molecule has 13 heteroatoms. The molecule has 0 spiro atoms. The predicted octanol–water partition coefficient (Wildman–Crippen LogP) is 3.26. The Morgan fingerprint density at radius 2 is 1.90 bits per heavy atom. The van der Waals surface area contributed by atoms with Crippen LogP contribution < -0.4 is 4.74 Å². The van der Waals surface area contributed by atoms with Gasteiger partial charge in [-0.1, -0.05) is 11.6 Å². The van der Waals surface area contributed by atoms with Gasteiger partial charge in [0.05, 0.1) is 5.57 Å². The van der Waals surface area contributed by atoms with Crippen molar-refractivity contribution in [2.75, 3.05) is 13.4 Å². The summed E-state index contributed by atoms with van der Waals surface area (Å²) in [4.78, 5) is 37.8. The highest BCUT2D eigenvalue weighted by Gasteiger charge is 2.49. The van der Waals surface area contributed by atoms with Crippen LogP contribution in [0.1, 0.15) is 23.6 Å². The zero-order chi connectivity index (χ0) is 23.3. The number of hydrogen-bond donors (Lipinski definition) is 0. The number of hydrogen-bond acceptors (Lipinski definition) is 9. The Bertz CT molecular complexity index is 898. The van der Waals surface area contributed by atoms with Gasteiger partial charge in [-0.2, -0.15) is 13.2 Å². The average molecular weight is 449 g/mol. The second kappa shape index (κ2) is 9.53. The lowest BCUT2D eigenvalue weighted by Gasteiger charge is -2.29. The maximum Gasteiger partial charge on any atom is 0.511 e. The van der Waals surface area contributed by atoms with E-state index in [0.717, 1.165) is 11.6 Å². The summed E-state index contributed by atoms with van der Waals surface area (Å²) in [5.74, 6) is -1.42. The van der Waals surface area contributed by atoms with E-state index in [9.17, 15) is 32.9 Å². The summed E-state index contributed by atoms with van der Waals surface area (Å²) in [6.45, 7) is 2.95. The third-order valence-corrected chi connectivity index (χ3v) is 3.88. The van der Waals surface area contributed by atoms with Crippen molar-refractivity contribution in [3.05, 3.63) is 44.5 Å². The van der Waals surface area contributed by atoms with Crippen LogP contribution in [-0.4, -0.2) is 49.0 Å². The Hall–Kier alpha value is -3.51. The summed E-state index contributed by atoms with van der Waals surface area (Å²) in [5, 5.41) is 9.04. The van der Waals surface area contributed by atoms with E-state index in [1.54, 1.807) is 26.0 Å². The standard InChI is InChI=1S/C18H18F3NO9/c1-9-4-10(2)14-12(5-9)6-13(15(30-14)18(19,20)21)16(23)28-8-29-17(24)27-7-11(3)31-22(25)26/h4-6,11,15H,7-8H2,1-3H3. The molecule has 1 aromatic rings. The lowest BCUT2D eigenvalue weighted by atomic mass is 9.97. The second-order valence-electron chi connectivity index (χ2n) is 6.53. The van der Waals surface area contributed by atoms with Crippen LogP contribution in [0.3, 0.4) is 0 Å². The highest BCUT2D eigenvalue weighted by atomic mass is 19.4. The van der Waals surface area contributed by atoms with Crippen molar-refractivity contribution in [2.24, 2.45) is 0 Å². The summed E-state index contributed by atoms with van der Waals surface area (Å²) in [6.07, 6.45) is -8.93. The molecule has 0 aliphatic carbocycles. The predicted molar refractivity (Wildman–Crippen MR) is 95.3 cm³/mol. The van der Waals surface area contributed by atoms with Crippen molar-refractivity contribution in [1.82, 2.24) is 0 Å². The van der Waals surface area contributed by atoms with E-state index < -0.39 is 54.6 Å². The molecule has 0 aromatic heterocycles. The summed E-state index contributed by atoms with van der Waals surface area (Å²) in [7, 11) is 0. The highest BCUT2D eigenvalue weighted by Crippen LogP contribution is 2.39. The van der Waals surface area contributed by atoms with Gasteiger partial charge in [-0.15, -0.1) is 10.1 Å². The van der Waals surface area contributed by atoms with Crippen LogP contribution in [-0.2, 0) is 23.8 Å². The van der Waals surface area contributed by atoms with Gasteiger partial charge in [-0.25, -0.2) is 9.59 Å². The Balaban J connectivity index is 2.02. The number of ether oxygens (including phenoxy) is 4. The fourth-order valence-electron chi connectivity index (χ4n) is 2.71. The maximum absolute atomic E-state index is 13.4. The van der Waals surface area contributed by atoms with Crippen LogP contribution in [0.4, 0.5) is 18.0 Å². The minimum Gasteiger partial charge on any atom is -0.475 e. The number of benzene rings is 1. The Morgan fingerprint density at radius 1 is 1.23 bits per heavy atom. The molecule has 1 heterocycles. The molecule has 0 N–H and O–H groups in total. The molecule has 2 atom stereocenters. The normalized spacial score (nSPS) is 16.2. The van der Waals surface area contributed by atoms with E-state index in [4.69, 9.17) is 4.74 Å². The Kier molecular flexibility index (Phi) is 7.31. The summed E-state index contributed by atoms with van der Waals surface area (Å²) >= 11 is 0. The fraction of sp³-hybridized carbons (Fsp3) is 0.444. The first-order chi connectivity index (χ1) is 14.4. The number of alkyl halides is 3. The first kappa shape index (κ1) is 23.8. The van der Waals surface area contributed by atoms with Gasteiger partial charge in [0.25, 0.3) is 5.09 Å². The van der Waals surface area contributed by atoms with Crippen LogP contribution in [0.2, 0.25) is 0 Å². The molecular weight excluding hydrogens is 431 g/mol. The summed E-state index contributed by atoms with van der Waals surface area (Å²) in [6, 6.07) is 3.19. The second-order valence-corrected chi connectivity index (χ2v) is 6.53. The summed E-state index contributed by atoms with van der Waals surface area (Å²) in [5.41, 5.74) is 0.657. The molecule has 0 fully saturated rings. The van der Waals surface area contributed by atoms with E-state index >= 15 is 0 Å². The number of halogens is 3. The number of rotatable bonds is 7. The minimum absolute atomic E-state index is 0.00429. The van der Waals surface area contributed by atoms with Gasteiger partial charge in [0.2, 0.25) is 12.9 Å². The molecule has 0 saturated carbocycles. The number of fused-ring (bicyclic) bond motifs is 1. The minimum atomic E-state index is -4.91. The molecule has 0 radical (unpaired) electrons. The van der Waals surface area contributed by atoms with Crippen LogP contribution in [0.5, 0.6) is 5.75 Å². The molecule has 170 valence electrons. The number of carbonyl (C=O) groups excluding carboxylic acids is 2. The molecule has 0 amide bonds. The Morgan fingerprint density at radius 3 is 2.52 bits per heavy atom. The lowest BCUT2D eigenvalue weighted by Crippen LogP contribution is -2.41. The zero-order valence-electron chi connectivity index (χ0n) is 16.6. The van der Waals surface area contributed by atoms with Gasteiger partial charge < -0.3 is 23.8 Å². The molecule has 2 unspecified atom stereocenters. The first-order valence-electron chi connectivity index (χ1n) is 8.72. The van der Waals surface area contributed by atoms with E-state index in [0.29, 0.717) is 5.56 Å². The van der Waals surface area contributed by atoms with Gasteiger partial charge in [0.1, 0.15) is 18.5 Å². The van der Waals surface area contributed by atoms with E-state index in [1.807, 2.05) is 0 Å². The van der Waals surface area contributed by atoms with Crippen molar-refractivity contribution >= 4 is 18.2 Å². The van der Waals surface area contributed by atoms with Gasteiger partial charge in [-0.05, 0) is 38.5 Å². The first-order valence-corrected chi connectivity index (χ1v) is 8.72. The van der Waals surface area contributed by atoms with Gasteiger partial charge in [0.15, 0.2) is 0 Å². The van der Waals surface area contributed by atoms with E-state index in [1.165, 1.54) is 6.92 Å².